The minimum atomic E-state index is 0.899. The molecule has 0 bridgehead atoms. The van der Waals surface area contributed by atoms with Gasteiger partial charge in [0.2, 0.25) is 0 Å². The zero-order valence-corrected chi connectivity index (χ0v) is 6.28. The summed E-state index contributed by atoms with van der Waals surface area (Å²) in [6.45, 7) is 2.38. The quantitative estimate of drug-likeness (QED) is 0.463. The maximum Gasteiger partial charge on any atom is 0.0195 e. The van der Waals surface area contributed by atoms with Crippen LogP contribution in [0, 0.1) is 5.92 Å². The molecule has 1 rings (SSSR count). The number of hydrogen-bond acceptors (Lipinski definition) is 3. The monoisotopic (exact) mass is 147 g/mol. The molecule has 2 nitrogen and oxygen atoms in total. The lowest BCUT2D eigenvalue weighted by atomic mass is 9.98. The van der Waals surface area contributed by atoms with Gasteiger partial charge in [0.25, 0.3) is 0 Å². The fourth-order valence-corrected chi connectivity index (χ4v) is 1.28. The normalized spacial score (nSPS) is 19.7. The van der Waals surface area contributed by atoms with Gasteiger partial charge in [0.05, 0.1) is 0 Å². The standard InChI is InChI=1S/C6H13NOS/c8-9-3-1-2-6-4-7-5-6/h6-8H,1-5H2. The van der Waals surface area contributed by atoms with Crippen molar-refractivity contribution >= 4 is 12.0 Å². The summed E-state index contributed by atoms with van der Waals surface area (Å²) < 4.78 is 8.37. The lowest BCUT2D eigenvalue weighted by molar-refractivity contribution is 0.325. The minimum Gasteiger partial charge on any atom is -0.330 e. The molecule has 1 saturated heterocycles. The van der Waals surface area contributed by atoms with Crippen molar-refractivity contribution in [2.24, 2.45) is 5.92 Å². The smallest absolute Gasteiger partial charge is 0.0195 e. The lowest BCUT2D eigenvalue weighted by Gasteiger charge is -2.26. The topological polar surface area (TPSA) is 32.3 Å². The van der Waals surface area contributed by atoms with Crippen LogP contribution >= 0.6 is 12.0 Å². The zero-order valence-electron chi connectivity index (χ0n) is 5.47. The van der Waals surface area contributed by atoms with Gasteiger partial charge < -0.3 is 9.87 Å². The number of nitrogens with one attached hydrogen (secondary N) is 1. The molecule has 0 radical (unpaired) electrons. The molecule has 1 aliphatic rings. The van der Waals surface area contributed by atoms with E-state index in [0.717, 1.165) is 30.1 Å². The van der Waals surface area contributed by atoms with Gasteiger partial charge in [0, 0.05) is 5.75 Å². The molecule has 9 heavy (non-hydrogen) atoms. The van der Waals surface area contributed by atoms with Crippen molar-refractivity contribution in [1.82, 2.24) is 5.32 Å². The van der Waals surface area contributed by atoms with E-state index in [2.05, 4.69) is 5.32 Å². The van der Waals surface area contributed by atoms with E-state index in [4.69, 9.17) is 4.55 Å². The summed E-state index contributed by atoms with van der Waals surface area (Å²) in [5, 5.41) is 3.22. The molecule has 0 amide bonds. The highest BCUT2D eigenvalue weighted by atomic mass is 32.2. The first kappa shape index (κ1) is 7.38. The highest BCUT2D eigenvalue weighted by Gasteiger charge is 2.14. The average molecular weight is 147 g/mol. The Kier molecular flexibility index (Phi) is 3.40. The third-order valence-corrected chi connectivity index (χ3v) is 2.19. The van der Waals surface area contributed by atoms with Gasteiger partial charge in [-0.2, -0.15) is 0 Å². The summed E-state index contributed by atoms with van der Waals surface area (Å²) in [6, 6.07) is 0. The van der Waals surface area contributed by atoms with Gasteiger partial charge in [-0.05, 0) is 43.9 Å². The van der Waals surface area contributed by atoms with E-state index in [9.17, 15) is 0 Å². The van der Waals surface area contributed by atoms with Crippen molar-refractivity contribution in [3.63, 3.8) is 0 Å². The molecular formula is C6H13NOS. The third kappa shape index (κ3) is 2.56. The summed E-state index contributed by atoms with van der Waals surface area (Å²) in [7, 11) is 0. The van der Waals surface area contributed by atoms with E-state index < -0.39 is 0 Å². The SMILES string of the molecule is OSCCCC1CNC1. The molecule has 2 N–H and O–H groups in total. The fourth-order valence-electron chi connectivity index (χ4n) is 0.989. The van der Waals surface area contributed by atoms with Crippen molar-refractivity contribution in [2.75, 3.05) is 18.8 Å². The van der Waals surface area contributed by atoms with E-state index in [1.807, 2.05) is 0 Å². The maximum atomic E-state index is 8.37. The van der Waals surface area contributed by atoms with Crippen LogP contribution in [0.15, 0.2) is 0 Å². The molecule has 0 aromatic carbocycles. The zero-order chi connectivity index (χ0) is 6.53. The van der Waals surface area contributed by atoms with E-state index in [0.29, 0.717) is 0 Å². The van der Waals surface area contributed by atoms with Crippen molar-refractivity contribution in [1.29, 1.82) is 0 Å². The molecule has 0 aromatic rings. The Morgan fingerprint density at radius 1 is 1.56 bits per heavy atom. The predicted molar refractivity (Wildman–Crippen MR) is 40.7 cm³/mol. The molecule has 0 saturated carbocycles. The maximum absolute atomic E-state index is 8.37. The predicted octanol–water partition coefficient (Wildman–Crippen LogP) is 1.19. The van der Waals surface area contributed by atoms with Crippen molar-refractivity contribution in [3.05, 3.63) is 0 Å². The van der Waals surface area contributed by atoms with Gasteiger partial charge in [-0.25, -0.2) is 0 Å². The van der Waals surface area contributed by atoms with Crippen LogP contribution in [0.25, 0.3) is 0 Å². The van der Waals surface area contributed by atoms with Crippen LogP contribution < -0.4 is 5.32 Å². The summed E-state index contributed by atoms with van der Waals surface area (Å²) in [5.41, 5.74) is 0. The minimum absolute atomic E-state index is 0.899. The molecule has 1 aliphatic heterocycles. The first-order valence-electron chi connectivity index (χ1n) is 3.40. The molecule has 0 unspecified atom stereocenters. The second-order valence-electron chi connectivity index (χ2n) is 2.50. The Bertz CT molecular complexity index is 75.5. The van der Waals surface area contributed by atoms with E-state index >= 15 is 0 Å². The Morgan fingerprint density at radius 3 is 2.78 bits per heavy atom. The Morgan fingerprint density at radius 2 is 2.33 bits per heavy atom. The van der Waals surface area contributed by atoms with Gasteiger partial charge in [0.1, 0.15) is 0 Å². The molecule has 0 spiro atoms. The van der Waals surface area contributed by atoms with Gasteiger partial charge >= 0.3 is 0 Å². The highest BCUT2D eigenvalue weighted by molar-refractivity contribution is 7.93. The first-order chi connectivity index (χ1) is 4.43. The molecular weight excluding hydrogens is 134 g/mol. The van der Waals surface area contributed by atoms with Crippen molar-refractivity contribution in [3.8, 4) is 0 Å². The van der Waals surface area contributed by atoms with Crippen LogP contribution in [-0.2, 0) is 0 Å². The van der Waals surface area contributed by atoms with Crippen LogP contribution in [0.3, 0.4) is 0 Å². The fraction of sp³-hybridized carbons (Fsp3) is 1.00. The summed E-state index contributed by atoms with van der Waals surface area (Å²) >= 11 is 0.958. The van der Waals surface area contributed by atoms with Crippen LogP contribution in [0.5, 0.6) is 0 Å². The summed E-state index contributed by atoms with van der Waals surface area (Å²) in [4.78, 5) is 0. The highest BCUT2D eigenvalue weighted by Crippen LogP contribution is 2.12. The summed E-state index contributed by atoms with van der Waals surface area (Å²) in [6.07, 6.45) is 2.44. The molecule has 1 heterocycles. The van der Waals surface area contributed by atoms with Gasteiger partial charge in [-0.3, -0.25) is 0 Å². The molecule has 0 aliphatic carbocycles. The molecule has 0 atom stereocenters. The Labute approximate surface area is 60.2 Å². The largest absolute Gasteiger partial charge is 0.330 e. The van der Waals surface area contributed by atoms with E-state index in [1.54, 1.807) is 0 Å². The average Bonchev–Trinajstić information content (AvgIpc) is 1.76. The van der Waals surface area contributed by atoms with E-state index in [-0.39, 0.29) is 0 Å². The number of rotatable bonds is 4. The van der Waals surface area contributed by atoms with Crippen LogP contribution in [-0.4, -0.2) is 23.4 Å². The molecule has 3 heteroatoms. The summed E-state index contributed by atoms with van der Waals surface area (Å²) in [5.74, 6) is 1.80. The van der Waals surface area contributed by atoms with Crippen LogP contribution in [0.2, 0.25) is 0 Å². The molecule has 0 aromatic heterocycles. The molecule has 54 valence electrons. The van der Waals surface area contributed by atoms with Crippen LogP contribution in [0.4, 0.5) is 0 Å². The Hall–Kier alpha value is 0.270. The van der Waals surface area contributed by atoms with Gasteiger partial charge in [-0.15, -0.1) is 0 Å². The second-order valence-corrected chi connectivity index (χ2v) is 3.17. The number of hydrogen-bond donors (Lipinski definition) is 2. The third-order valence-electron chi connectivity index (χ3n) is 1.71. The van der Waals surface area contributed by atoms with Crippen molar-refractivity contribution in [2.45, 2.75) is 12.8 Å². The molecule has 1 fully saturated rings. The van der Waals surface area contributed by atoms with Crippen LogP contribution in [0.1, 0.15) is 12.8 Å². The van der Waals surface area contributed by atoms with Crippen molar-refractivity contribution < 1.29 is 4.55 Å². The first-order valence-corrected chi connectivity index (χ1v) is 4.35. The van der Waals surface area contributed by atoms with Gasteiger partial charge in [-0.1, -0.05) is 0 Å². The van der Waals surface area contributed by atoms with Gasteiger partial charge in [0.15, 0.2) is 0 Å². The lowest BCUT2D eigenvalue weighted by Crippen LogP contribution is -2.41. The Balaban J connectivity index is 1.80. The second kappa shape index (κ2) is 4.14. The van der Waals surface area contributed by atoms with E-state index in [1.165, 1.54) is 19.5 Å².